The SMILES string of the molecule is CS(=O)(=O)Nc1cccc(Nc2nc(Nc3ccc(N4CCC(O)CC4)cc3)nc3ccsc23)c1. The molecule has 4 aromatic rings. The Morgan fingerprint density at radius 2 is 1.71 bits per heavy atom. The van der Waals surface area contributed by atoms with Crippen LogP contribution in [-0.2, 0) is 10.0 Å². The molecule has 1 aliphatic rings. The Hall–Kier alpha value is -3.41. The van der Waals surface area contributed by atoms with E-state index in [9.17, 15) is 13.5 Å². The lowest BCUT2D eigenvalue weighted by molar-refractivity contribution is 0.145. The first-order valence-electron chi connectivity index (χ1n) is 11.2. The summed E-state index contributed by atoms with van der Waals surface area (Å²) in [6.07, 6.45) is 2.50. The zero-order valence-corrected chi connectivity index (χ0v) is 20.7. The largest absolute Gasteiger partial charge is 0.393 e. The Labute approximate surface area is 207 Å². The first kappa shape index (κ1) is 23.3. The third-order valence-corrected chi connectivity index (χ3v) is 7.20. The van der Waals surface area contributed by atoms with Gasteiger partial charge >= 0.3 is 0 Å². The fraction of sp³-hybridized carbons (Fsp3) is 0.250. The van der Waals surface area contributed by atoms with Gasteiger partial charge in [-0.1, -0.05) is 6.07 Å². The lowest BCUT2D eigenvalue weighted by atomic mass is 10.1. The number of sulfonamides is 1. The number of nitrogens with zero attached hydrogens (tertiary/aromatic N) is 3. The van der Waals surface area contributed by atoms with Gasteiger partial charge in [0.1, 0.15) is 0 Å². The van der Waals surface area contributed by atoms with Gasteiger partial charge in [-0.05, 0) is 66.8 Å². The van der Waals surface area contributed by atoms with Crippen LogP contribution in [0, 0.1) is 0 Å². The molecule has 1 fully saturated rings. The van der Waals surface area contributed by atoms with Crippen LogP contribution in [0.2, 0.25) is 0 Å². The van der Waals surface area contributed by atoms with Gasteiger partial charge in [0.2, 0.25) is 16.0 Å². The molecule has 0 saturated carbocycles. The lowest BCUT2D eigenvalue weighted by Crippen LogP contribution is -2.35. The fourth-order valence-corrected chi connectivity index (χ4v) is 5.35. The molecule has 0 radical (unpaired) electrons. The van der Waals surface area contributed by atoms with E-state index in [0.717, 1.165) is 53.8 Å². The predicted molar refractivity (Wildman–Crippen MR) is 143 cm³/mol. The van der Waals surface area contributed by atoms with Gasteiger partial charge in [-0.3, -0.25) is 4.72 Å². The third kappa shape index (κ3) is 5.81. The lowest BCUT2D eigenvalue weighted by Gasteiger charge is -2.31. The van der Waals surface area contributed by atoms with Crippen molar-refractivity contribution in [2.45, 2.75) is 18.9 Å². The second-order valence-corrected chi connectivity index (χ2v) is 11.2. The molecule has 1 aliphatic heterocycles. The van der Waals surface area contributed by atoms with Gasteiger partial charge in [0.05, 0.1) is 28.3 Å². The normalized spacial score (nSPS) is 14.7. The van der Waals surface area contributed by atoms with Crippen LogP contribution in [0.1, 0.15) is 12.8 Å². The highest BCUT2D eigenvalue weighted by atomic mass is 32.2. The summed E-state index contributed by atoms with van der Waals surface area (Å²) in [5.41, 5.74) is 3.97. The molecule has 4 N–H and O–H groups in total. The van der Waals surface area contributed by atoms with Crippen molar-refractivity contribution in [3.8, 4) is 0 Å². The minimum atomic E-state index is -3.37. The smallest absolute Gasteiger partial charge is 0.229 e. The first-order valence-corrected chi connectivity index (χ1v) is 14.0. The van der Waals surface area contributed by atoms with E-state index in [1.54, 1.807) is 18.2 Å². The van der Waals surface area contributed by atoms with Gasteiger partial charge in [-0.15, -0.1) is 11.3 Å². The number of thiophene rings is 1. The minimum absolute atomic E-state index is 0.197. The van der Waals surface area contributed by atoms with E-state index in [2.05, 4.69) is 42.4 Å². The van der Waals surface area contributed by atoms with Crippen molar-refractivity contribution >= 4 is 66.1 Å². The summed E-state index contributed by atoms with van der Waals surface area (Å²) in [5.74, 6) is 1.09. The summed E-state index contributed by atoms with van der Waals surface area (Å²) in [5, 5.41) is 18.3. The maximum Gasteiger partial charge on any atom is 0.229 e. The molecule has 0 unspecified atom stereocenters. The number of aliphatic hydroxyl groups excluding tert-OH is 1. The van der Waals surface area contributed by atoms with Crippen molar-refractivity contribution < 1.29 is 13.5 Å². The molecular weight excluding hydrogens is 484 g/mol. The Morgan fingerprint density at radius 1 is 0.971 bits per heavy atom. The molecular formula is C24H26N6O3S2. The maximum atomic E-state index is 11.6. The number of nitrogens with one attached hydrogen (secondary N) is 3. The van der Waals surface area contributed by atoms with Crippen LogP contribution in [0.25, 0.3) is 10.2 Å². The number of anilines is 6. The summed E-state index contributed by atoms with van der Waals surface area (Å²) in [4.78, 5) is 11.6. The summed E-state index contributed by atoms with van der Waals surface area (Å²) in [7, 11) is -3.37. The molecule has 182 valence electrons. The number of aliphatic hydroxyl groups is 1. The number of aromatic nitrogens is 2. The molecule has 2 aromatic heterocycles. The summed E-state index contributed by atoms with van der Waals surface area (Å²) in [6, 6.07) is 17.1. The number of benzene rings is 2. The van der Waals surface area contributed by atoms with Crippen LogP contribution in [0.15, 0.2) is 60.0 Å². The summed E-state index contributed by atoms with van der Waals surface area (Å²) >= 11 is 1.53. The van der Waals surface area contributed by atoms with Gasteiger partial charge in [0.15, 0.2) is 5.82 Å². The van der Waals surface area contributed by atoms with Crippen molar-refractivity contribution in [3.63, 3.8) is 0 Å². The Bertz CT molecular complexity index is 1430. The maximum absolute atomic E-state index is 11.6. The molecule has 2 aromatic carbocycles. The average molecular weight is 511 g/mol. The van der Waals surface area contributed by atoms with Gasteiger partial charge in [-0.2, -0.15) is 4.98 Å². The van der Waals surface area contributed by atoms with Gasteiger partial charge in [0.25, 0.3) is 0 Å². The average Bonchev–Trinajstić information content (AvgIpc) is 3.28. The van der Waals surface area contributed by atoms with Crippen LogP contribution >= 0.6 is 11.3 Å². The van der Waals surface area contributed by atoms with Crippen molar-refractivity contribution in [2.75, 3.05) is 39.6 Å². The van der Waals surface area contributed by atoms with Crippen LogP contribution in [0.4, 0.5) is 34.5 Å². The van der Waals surface area contributed by atoms with E-state index in [0.29, 0.717) is 23.1 Å². The highest BCUT2D eigenvalue weighted by Gasteiger charge is 2.17. The number of rotatable bonds is 7. The highest BCUT2D eigenvalue weighted by molar-refractivity contribution is 7.92. The topological polar surface area (TPSA) is 119 Å². The van der Waals surface area contributed by atoms with Gasteiger partial charge in [0, 0.05) is 30.2 Å². The number of hydrogen-bond donors (Lipinski definition) is 4. The molecule has 1 saturated heterocycles. The summed E-state index contributed by atoms with van der Waals surface area (Å²) < 4.78 is 26.6. The number of piperidine rings is 1. The molecule has 5 rings (SSSR count). The van der Waals surface area contributed by atoms with Crippen molar-refractivity contribution in [3.05, 3.63) is 60.0 Å². The standard InChI is InChI=1S/C24H26N6O3S2/c1-35(32,33)29-18-4-2-3-17(15-18)25-23-22-21(11-14-34-22)27-24(28-23)26-16-5-7-19(8-6-16)30-12-9-20(31)10-13-30/h2-8,11,14-15,20,29,31H,9-10,12-13H2,1H3,(H2,25,26,27,28). The molecule has 0 bridgehead atoms. The van der Waals surface area contributed by atoms with Crippen LogP contribution in [0.3, 0.4) is 0 Å². The van der Waals surface area contributed by atoms with E-state index in [1.165, 1.54) is 11.3 Å². The van der Waals surface area contributed by atoms with Gasteiger partial charge < -0.3 is 20.6 Å². The van der Waals surface area contributed by atoms with Gasteiger partial charge in [-0.25, -0.2) is 13.4 Å². The van der Waals surface area contributed by atoms with Crippen LogP contribution in [-0.4, -0.2) is 48.9 Å². The minimum Gasteiger partial charge on any atom is -0.393 e. The Balaban J connectivity index is 1.36. The van der Waals surface area contributed by atoms with E-state index in [4.69, 9.17) is 0 Å². The second kappa shape index (κ2) is 9.68. The summed E-state index contributed by atoms with van der Waals surface area (Å²) in [6.45, 7) is 1.70. The van der Waals surface area contributed by atoms with E-state index < -0.39 is 10.0 Å². The molecule has 0 atom stereocenters. The molecule has 35 heavy (non-hydrogen) atoms. The van der Waals surface area contributed by atoms with E-state index >= 15 is 0 Å². The monoisotopic (exact) mass is 510 g/mol. The Morgan fingerprint density at radius 3 is 2.46 bits per heavy atom. The van der Waals surface area contributed by atoms with Crippen LogP contribution < -0.4 is 20.3 Å². The zero-order valence-electron chi connectivity index (χ0n) is 19.1. The molecule has 0 spiro atoms. The third-order valence-electron chi connectivity index (χ3n) is 5.69. The molecule has 11 heteroatoms. The van der Waals surface area contributed by atoms with Crippen LogP contribution in [0.5, 0.6) is 0 Å². The Kier molecular flexibility index (Phi) is 6.46. The quantitative estimate of drug-likeness (QED) is 0.287. The van der Waals surface area contributed by atoms with Crippen molar-refractivity contribution in [2.24, 2.45) is 0 Å². The number of hydrogen-bond acceptors (Lipinski definition) is 9. The molecule has 9 nitrogen and oxygen atoms in total. The predicted octanol–water partition coefficient (Wildman–Crippen LogP) is 4.51. The first-order chi connectivity index (χ1) is 16.8. The zero-order chi connectivity index (χ0) is 24.4. The molecule has 0 aliphatic carbocycles. The van der Waals surface area contributed by atoms with Crippen molar-refractivity contribution in [1.29, 1.82) is 0 Å². The number of fused-ring (bicyclic) bond motifs is 1. The molecule has 0 amide bonds. The molecule has 3 heterocycles. The fourth-order valence-electron chi connectivity index (χ4n) is 4.02. The highest BCUT2D eigenvalue weighted by Crippen LogP contribution is 2.31. The van der Waals surface area contributed by atoms with E-state index in [-0.39, 0.29) is 6.10 Å². The van der Waals surface area contributed by atoms with E-state index in [1.807, 2.05) is 29.6 Å². The second-order valence-electron chi connectivity index (χ2n) is 8.50. The van der Waals surface area contributed by atoms with Crippen molar-refractivity contribution in [1.82, 2.24) is 9.97 Å².